The molecule has 3 aromatic carbocycles. The largest absolute Gasteiger partial charge is 3.00 e. The fraction of sp³-hybridized carbons (Fsp3) is 0.500. The molecule has 0 amide bonds. The summed E-state index contributed by atoms with van der Waals surface area (Å²) >= 11 is 0. The summed E-state index contributed by atoms with van der Waals surface area (Å²) in [5, 5.41) is 13.8. The van der Waals surface area contributed by atoms with Crippen LogP contribution in [0, 0.1) is 41.5 Å². The van der Waals surface area contributed by atoms with Gasteiger partial charge in [-0.1, -0.05) is 150 Å². The van der Waals surface area contributed by atoms with Crippen molar-refractivity contribution in [3.8, 4) is 0 Å². The number of rotatable bonds is 3. The van der Waals surface area contributed by atoms with Crippen LogP contribution in [-0.4, -0.2) is 16.6 Å². The van der Waals surface area contributed by atoms with Gasteiger partial charge in [-0.3, -0.25) is 0 Å². The third-order valence-corrected chi connectivity index (χ3v) is 5.01. The molecule has 0 saturated carbocycles. The molecule has 0 aliphatic rings. The van der Waals surface area contributed by atoms with Gasteiger partial charge in [-0.05, 0) is 41.5 Å². The molecule has 0 aliphatic heterocycles. The van der Waals surface area contributed by atoms with Crippen molar-refractivity contribution >= 4 is 17.1 Å². The average molecular weight is 625 g/mol. The van der Waals surface area contributed by atoms with Crippen LogP contribution in [-0.2, 0) is 21.1 Å². The Morgan fingerprint density at radius 3 is 0.600 bits per heavy atom. The van der Waals surface area contributed by atoms with Gasteiger partial charge in [-0.25, -0.2) is 0 Å². The van der Waals surface area contributed by atoms with Crippen LogP contribution in [0.1, 0.15) is 95.7 Å². The van der Waals surface area contributed by atoms with Crippen LogP contribution in [0.25, 0.3) is 16.0 Å². The van der Waals surface area contributed by atoms with Gasteiger partial charge in [0.1, 0.15) is 0 Å². The summed E-state index contributed by atoms with van der Waals surface area (Å²) in [5.41, 5.74) is 11.0. The molecule has 219 valence electrons. The summed E-state index contributed by atoms with van der Waals surface area (Å²) in [4.78, 5) is 0. The number of aryl methyl sites for hydroxylation is 6. The third kappa shape index (κ3) is 18.2. The van der Waals surface area contributed by atoms with E-state index in [4.69, 9.17) is 0 Å². The van der Waals surface area contributed by atoms with Crippen LogP contribution in [0.4, 0.5) is 17.1 Å². The Labute approximate surface area is 261 Å². The van der Waals surface area contributed by atoms with E-state index in [2.05, 4.69) is 174 Å². The minimum atomic E-state index is 0. The van der Waals surface area contributed by atoms with E-state index >= 15 is 0 Å². The SMILES string of the molecule is Cc1cc(C)cc([N-]C(C)(C)C)c1.Cc1cc(C)cc([N-]C(C)(C)C)c1.Cc1cc(C)cc([N-]C(C)(C)C)c1.[Mo+3]. The van der Waals surface area contributed by atoms with Gasteiger partial charge in [0.25, 0.3) is 0 Å². The van der Waals surface area contributed by atoms with Gasteiger partial charge in [0.15, 0.2) is 0 Å². The van der Waals surface area contributed by atoms with Gasteiger partial charge in [-0.2, -0.15) is 0 Å². The summed E-state index contributed by atoms with van der Waals surface area (Å²) in [6, 6.07) is 19.2. The van der Waals surface area contributed by atoms with E-state index in [0.29, 0.717) is 0 Å². The van der Waals surface area contributed by atoms with Crippen molar-refractivity contribution in [3.05, 3.63) is 104 Å². The first kappa shape index (κ1) is 37.7. The molecule has 0 aromatic heterocycles. The Hall–Kier alpha value is -2.25. The van der Waals surface area contributed by atoms with Gasteiger partial charge >= 0.3 is 21.1 Å². The minimum Gasteiger partial charge on any atom is -0.680 e. The van der Waals surface area contributed by atoms with Gasteiger partial charge < -0.3 is 16.0 Å². The maximum Gasteiger partial charge on any atom is 3.00 e. The van der Waals surface area contributed by atoms with Gasteiger partial charge in [0.2, 0.25) is 0 Å². The Bertz CT molecular complexity index is 980. The molecule has 0 spiro atoms. The van der Waals surface area contributed by atoms with Crippen LogP contribution in [0.3, 0.4) is 0 Å². The molecular weight excluding hydrogens is 570 g/mol. The second-order valence-corrected chi connectivity index (χ2v) is 13.9. The van der Waals surface area contributed by atoms with Crippen LogP contribution in [0.15, 0.2) is 54.6 Å². The Morgan fingerprint density at radius 1 is 0.325 bits per heavy atom. The van der Waals surface area contributed by atoms with Gasteiger partial charge in [0.05, 0.1) is 0 Å². The summed E-state index contributed by atoms with van der Waals surface area (Å²) < 4.78 is 0. The summed E-state index contributed by atoms with van der Waals surface area (Å²) in [5.74, 6) is 0. The fourth-order valence-electron chi connectivity index (χ4n) is 4.21. The maximum absolute atomic E-state index is 4.61. The molecule has 0 saturated heterocycles. The van der Waals surface area contributed by atoms with E-state index in [1.165, 1.54) is 33.4 Å². The first-order valence-corrected chi connectivity index (χ1v) is 14.0. The zero-order chi connectivity index (χ0) is 30.2. The van der Waals surface area contributed by atoms with E-state index in [1.54, 1.807) is 0 Å². The second-order valence-electron chi connectivity index (χ2n) is 13.9. The van der Waals surface area contributed by atoms with Gasteiger partial charge in [0, 0.05) is 0 Å². The van der Waals surface area contributed by atoms with Crippen LogP contribution in [0.2, 0.25) is 0 Å². The third-order valence-electron chi connectivity index (χ3n) is 5.01. The Kier molecular flexibility index (Phi) is 14.8. The molecule has 0 fully saturated rings. The first-order chi connectivity index (χ1) is 17.6. The quantitative estimate of drug-likeness (QED) is 0.260. The molecule has 0 N–H and O–H groups in total. The monoisotopic (exact) mass is 626 g/mol. The molecule has 3 nitrogen and oxygen atoms in total. The molecule has 0 aliphatic carbocycles. The summed E-state index contributed by atoms with van der Waals surface area (Å²) in [6.07, 6.45) is 0. The first-order valence-electron chi connectivity index (χ1n) is 14.0. The Morgan fingerprint density at radius 2 is 0.475 bits per heavy atom. The van der Waals surface area contributed by atoms with Crippen molar-refractivity contribution < 1.29 is 21.1 Å². The standard InChI is InChI=1S/3C12H18N.Mo/c3*1-9-6-10(2)8-11(7-9)13-12(3,4)5;/h3*6-8H,1-5H3;/q3*-1;+3. The molecule has 3 rings (SSSR count). The van der Waals surface area contributed by atoms with Crippen molar-refractivity contribution in [2.75, 3.05) is 0 Å². The predicted octanol–water partition coefficient (Wildman–Crippen LogP) is 12.3. The van der Waals surface area contributed by atoms with Gasteiger partial charge in [-0.15, -0.1) is 33.7 Å². The van der Waals surface area contributed by atoms with Crippen molar-refractivity contribution in [1.29, 1.82) is 0 Å². The van der Waals surface area contributed by atoms with Crippen LogP contribution >= 0.6 is 0 Å². The molecule has 0 unspecified atom stereocenters. The zero-order valence-electron chi connectivity index (χ0n) is 27.9. The van der Waals surface area contributed by atoms with Crippen molar-refractivity contribution in [3.63, 3.8) is 0 Å². The minimum absolute atomic E-state index is 0. The van der Waals surface area contributed by atoms with E-state index < -0.39 is 0 Å². The Balaban J connectivity index is 0.000000563. The fourth-order valence-corrected chi connectivity index (χ4v) is 4.21. The van der Waals surface area contributed by atoms with E-state index in [1.807, 2.05) is 0 Å². The molecular formula is C36H54MoN3. The van der Waals surface area contributed by atoms with E-state index in [9.17, 15) is 0 Å². The second kappa shape index (κ2) is 15.7. The summed E-state index contributed by atoms with van der Waals surface area (Å²) in [6.45, 7) is 31.7. The predicted molar refractivity (Wildman–Crippen MR) is 176 cm³/mol. The normalized spacial score (nSPS) is 11.2. The van der Waals surface area contributed by atoms with Crippen molar-refractivity contribution in [2.45, 2.75) is 120 Å². The topological polar surface area (TPSA) is 42.3 Å². The van der Waals surface area contributed by atoms with Crippen LogP contribution in [0.5, 0.6) is 0 Å². The van der Waals surface area contributed by atoms with Crippen molar-refractivity contribution in [2.24, 2.45) is 0 Å². The van der Waals surface area contributed by atoms with E-state index in [0.717, 1.165) is 17.1 Å². The molecule has 0 atom stereocenters. The van der Waals surface area contributed by atoms with E-state index in [-0.39, 0.29) is 37.7 Å². The molecule has 0 heterocycles. The smallest absolute Gasteiger partial charge is 0.680 e. The zero-order valence-corrected chi connectivity index (χ0v) is 30.0. The molecule has 0 bridgehead atoms. The van der Waals surface area contributed by atoms with Crippen molar-refractivity contribution in [1.82, 2.24) is 0 Å². The number of nitrogens with zero attached hydrogens (tertiary/aromatic N) is 3. The maximum atomic E-state index is 4.61. The number of hydrogen-bond acceptors (Lipinski definition) is 0. The molecule has 40 heavy (non-hydrogen) atoms. The molecule has 3 aromatic rings. The summed E-state index contributed by atoms with van der Waals surface area (Å²) in [7, 11) is 0. The average Bonchev–Trinajstić information content (AvgIpc) is 2.62. The number of benzene rings is 3. The van der Waals surface area contributed by atoms with Crippen LogP contribution < -0.4 is 0 Å². The molecule has 1 radical (unpaired) electrons. The number of hydrogen-bond donors (Lipinski definition) is 0. The molecule has 4 heteroatoms.